The molecule has 0 saturated heterocycles. The second-order valence-electron chi connectivity index (χ2n) is 12.0. The van der Waals surface area contributed by atoms with Crippen molar-refractivity contribution in [3.05, 3.63) is 59.2 Å². The predicted molar refractivity (Wildman–Crippen MR) is 138 cm³/mol. The second kappa shape index (κ2) is 9.23. The average Bonchev–Trinajstić information content (AvgIpc) is 2.77. The summed E-state index contributed by atoms with van der Waals surface area (Å²) in [5.74, 6) is -0.282. The number of fused-ring (bicyclic) bond motifs is 3. The number of hydrogen-bond donors (Lipinski definition) is 0. The normalized spacial score (nSPS) is 31.4. The Morgan fingerprint density at radius 2 is 1.82 bits per heavy atom. The predicted octanol–water partition coefficient (Wildman–Crippen LogP) is 7.03. The fourth-order valence-electron chi connectivity index (χ4n) is 5.63. The Kier molecular flexibility index (Phi) is 6.82. The molecule has 0 aromatic heterocycles. The first-order valence-electron chi connectivity index (χ1n) is 12.8. The molecule has 0 radical (unpaired) electrons. The SMILES string of the molecule is CC1=CC[C@]2(O[Si](C)(C)C(C)(C)C)C/C1=C\C[C@@H]1CCCC(=O)[C@H]1[C@@H]2OC(=O)c1ccccc1. The van der Waals surface area contributed by atoms with E-state index in [-0.39, 0.29) is 28.6 Å². The van der Waals surface area contributed by atoms with E-state index in [1.165, 1.54) is 11.1 Å². The molecule has 34 heavy (non-hydrogen) atoms. The number of esters is 1. The third-order valence-corrected chi connectivity index (χ3v) is 13.2. The minimum absolute atomic E-state index is 0.00579. The number of carbonyl (C=O) groups is 2. The number of benzene rings is 1. The molecule has 4 rings (SSSR count). The van der Waals surface area contributed by atoms with E-state index >= 15 is 0 Å². The molecule has 5 heteroatoms. The minimum Gasteiger partial charge on any atom is -0.455 e. The van der Waals surface area contributed by atoms with E-state index in [1.807, 2.05) is 18.2 Å². The van der Waals surface area contributed by atoms with Crippen molar-refractivity contribution in [1.29, 1.82) is 0 Å². The zero-order chi connectivity index (χ0) is 24.7. The summed E-state index contributed by atoms with van der Waals surface area (Å²) in [5.41, 5.74) is 2.35. The molecule has 1 saturated carbocycles. The zero-order valence-electron chi connectivity index (χ0n) is 21.6. The summed E-state index contributed by atoms with van der Waals surface area (Å²) in [6.45, 7) is 13.4. The van der Waals surface area contributed by atoms with Crippen molar-refractivity contribution in [1.82, 2.24) is 0 Å². The Morgan fingerprint density at radius 1 is 1.12 bits per heavy atom. The van der Waals surface area contributed by atoms with Gasteiger partial charge in [0.05, 0.1) is 11.5 Å². The molecule has 0 amide bonds. The lowest BCUT2D eigenvalue weighted by Crippen LogP contribution is -2.61. The van der Waals surface area contributed by atoms with Crippen LogP contribution in [0.15, 0.2) is 53.6 Å². The Labute approximate surface area is 205 Å². The molecule has 0 N–H and O–H groups in total. The lowest BCUT2D eigenvalue weighted by Gasteiger charge is -2.53. The fourth-order valence-corrected chi connectivity index (χ4v) is 7.22. The van der Waals surface area contributed by atoms with Crippen LogP contribution in [0.25, 0.3) is 0 Å². The van der Waals surface area contributed by atoms with Gasteiger partial charge in [-0.1, -0.05) is 56.7 Å². The Bertz CT molecular complexity index is 1000. The Morgan fingerprint density at radius 3 is 2.50 bits per heavy atom. The summed E-state index contributed by atoms with van der Waals surface area (Å²) in [4.78, 5) is 26.9. The third kappa shape index (κ3) is 4.74. The van der Waals surface area contributed by atoms with Crippen LogP contribution in [-0.2, 0) is 14.0 Å². The number of Topliss-reactive ketones (excluding diaryl/α,β-unsaturated/α-hetero) is 1. The lowest BCUT2D eigenvalue weighted by atomic mass is 9.64. The van der Waals surface area contributed by atoms with Gasteiger partial charge in [0.15, 0.2) is 8.32 Å². The highest BCUT2D eigenvalue weighted by molar-refractivity contribution is 6.74. The smallest absolute Gasteiger partial charge is 0.338 e. The van der Waals surface area contributed by atoms with Crippen LogP contribution in [0.3, 0.4) is 0 Å². The molecule has 1 aromatic rings. The van der Waals surface area contributed by atoms with Gasteiger partial charge in [-0.05, 0) is 74.4 Å². The maximum absolute atomic E-state index is 13.5. The molecule has 1 fully saturated rings. The van der Waals surface area contributed by atoms with Gasteiger partial charge >= 0.3 is 5.97 Å². The van der Waals surface area contributed by atoms with E-state index in [1.54, 1.807) is 12.1 Å². The minimum atomic E-state index is -2.25. The van der Waals surface area contributed by atoms with Gasteiger partial charge in [0.1, 0.15) is 17.5 Å². The Hall–Kier alpha value is -1.98. The first-order chi connectivity index (χ1) is 15.9. The lowest BCUT2D eigenvalue weighted by molar-refractivity contribution is -0.148. The number of rotatable bonds is 4. The summed E-state index contributed by atoms with van der Waals surface area (Å²) in [5, 5.41) is -0.00579. The number of ether oxygens (including phenoxy) is 1. The summed E-state index contributed by atoms with van der Waals surface area (Å²) in [6.07, 6.45) is 8.62. The van der Waals surface area contributed by atoms with E-state index < -0.39 is 20.0 Å². The summed E-state index contributed by atoms with van der Waals surface area (Å²) >= 11 is 0. The molecular formula is C29H40O4Si. The number of ketones is 1. The van der Waals surface area contributed by atoms with Gasteiger partial charge in [0.25, 0.3) is 0 Å². The van der Waals surface area contributed by atoms with E-state index in [0.717, 1.165) is 19.3 Å². The van der Waals surface area contributed by atoms with Crippen molar-refractivity contribution in [3.8, 4) is 0 Å². The van der Waals surface area contributed by atoms with E-state index in [0.29, 0.717) is 24.8 Å². The van der Waals surface area contributed by atoms with Crippen LogP contribution in [0.1, 0.15) is 76.6 Å². The van der Waals surface area contributed by atoms with Crippen LogP contribution in [-0.4, -0.2) is 31.8 Å². The molecule has 0 unspecified atom stereocenters. The molecule has 4 nitrogen and oxygen atoms in total. The first kappa shape index (κ1) is 25.1. The molecule has 3 aliphatic carbocycles. The van der Waals surface area contributed by atoms with Gasteiger partial charge in [-0.15, -0.1) is 0 Å². The third-order valence-electron chi connectivity index (χ3n) is 8.65. The summed E-state index contributed by atoms with van der Waals surface area (Å²) < 4.78 is 13.7. The number of allylic oxidation sites excluding steroid dienone is 2. The molecule has 0 heterocycles. The molecule has 0 aliphatic heterocycles. The second-order valence-corrected chi connectivity index (χ2v) is 16.7. The van der Waals surface area contributed by atoms with E-state index in [9.17, 15) is 9.59 Å². The molecule has 3 aliphatic rings. The quantitative estimate of drug-likeness (QED) is 0.343. The van der Waals surface area contributed by atoms with Crippen LogP contribution in [0.4, 0.5) is 0 Å². The van der Waals surface area contributed by atoms with Crippen molar-refractivity contribution in [3.63, 3.8) is 0 Å². The van der Waals surface area contributed by atoms with Crippen molar-refractivity contribution >= 4 is 20.1 Å². The largest absolute Gasteiger partial charge is 0.455 e. The highest BCUT2D eigenvalue weighted by Crippen LogP contribution is 2.51. The molecule has 0 spiro atoms. The van der Waals surface area contributed by atoms with Gasteiger partial charge < -0.3 is 9.16 Å². The van der Waals surface area contributed by atoms with Crippen molar-refractivity contribution in [2.75, 3.05) is 0 Å². The molecule has 2 bridgehead atoms. The topological polar surface area (TPSA) is 52.6 Å². The number of hydrogen-bond acceptors (Lipinski definition) is 4. The molecule has 1 aromatic carbocycles. The van der Waals surface area contributed by atoms with Crippen molar-refractivity contribution < 1.29 is 18.8 Å². The highest BCUT2D eigenvalue weighted by Gasteiger charge is 2.56. The van der Waals surface area contributed by atoms with Gasteiger partial charge in [-0.25, -0.2) is 4.79 Å². The van der Waals surface area contributed by atoms with Gasteiger partial charge in [0, 0.05) is 12.8 Å². The highest BCUT2D eigenvalue weighted by atomic mass is 28.4. The van der Waals surface area contributed by atoms with Crippen LogP contribution in [0, 0.1) is 11.8 Å². The van der Waals surface area contributed by atoms with Crippen LogP contribution in [0.5, 0.6) is 0 Å². The Balaban J connectivity index is 1.84. The zero-order valence-corrected chi connectivity index (χ0v) is 22.6. The maximum atomic E-state index is 13.5. The van der Waals surface area contributed by atoms with Gasteiger partial charge in [0.2, 0.25) is 0 Å². The molecule has 184 valence electrons. The van der Waals surface area contributed by atoms with Crippen LogP contribution < -0.4 is 0 Å². The van der Waals surface area contributed by atoms with Gasteiger partial charge in [-0.3, -0.25) is 4.79 Å². The van der Waals surface area contributed by atoms with Gasteiger partial charge in [-0.2, -0.15) is 0 Å². The standard InChI is InChI=1S/C29H40O4Si/c1-20-17-18-29(33-34(5,6)28(2,3)4)19-23(20)16-15-21-13-10-14-24(30)25(21)26(29)32-27(31)22-11-8-7-9-12-22/h7-9,11-12,16-17,21,25-26H,10,13-15,18-19H2,1-6H3/b23-16+/t21-,25-,26-,29-/m0/s1. The summed E-state index contributed by atoms with van der Waals surface area (Å²) in [7, 11) is -2.25. The number of carbonyl (C=O) groups excluding carboxylic acids is 2. The first-order valence-corrected chi connectivity index (χ1v) is 15.7. The molecule has 4 atom stereocenters. The van der Waals surface area contributed by atoms with E-state index in [2.05, 4.69) is 52.9 Å². The van der Waals surface area contributed by atoms with E-state index in [4.69, 9.17) is 9.16 Å². The monoisotopic (exact) mass is 480 g/mol. The average molecular weight is 481 g/mol. The van der Waals surface area contributed by atoms with Crippen LogP contribution in [0.2, 0.25) is 18.1 Å². The van der Waals surface area contributed by atoms with Crippen molar-refractivity contribution in [2.45, 2.75) is 96.1 Å². The molecular weight excluding hydrogens is 440 g/mol. The summed E-state index contributed by atoms with van der Waals surface area (Å²) in [6, 6.07) is 9.14. The van der Waals surface area contributed by atoms with Crippen molar-refractivity contribution in [2.24, 2.45) is 11.8 Å². The maximum Gasteiger partial charge on any atom is 0.338 e. The van der Waals surface area contributed by atoms with Crippen LogP contribution >= 0.6 is 0 Å². The fraction of sp³-hybridized carbons (Fsp3) is 0.586.